The molecule has 0 spiro atoms. The fraction of sp³-hybridized carbons (Fsp3) is 0.520. The number of nitrogens with two attached hydrogens (primary N) is 1. The summed E-state index contributed by atoms with van der Waals surface area (Å²) in [5, 5.41) is 48.9. The smallest absolute Gasteiger partial charge is 0.238 e. The molecule has 2 fully saturated rings. The largest absolute Gasteiger partial charge is 0.507 e. The molecule has 4 rings (SSSR count). The van der Waals surface area contributed by atoms with Gasteiger partial charge in [-0.25, -0.2) is 0 Å². The number of amides is 2. The number of carbonyl (C=O) groups excluding carboxylic acids is 4. The summed E-state index contributed by atoms with van der Waals surface area (Å²) < 4.78 is 4.94. The van der Waals surface area contributed by atoms with Crippen LogP contribution in [0.5, 0.6) is 5.75 Å². The van der Waals surface area contributed by atoms with Crippen LogP contribution in [0.2, 0.25) is 0 Å². The highest BCUT2D eigenvalue weighted by Crippen LogP contribution is 2.53. The SMILES string of the molecule is COCCCNCC(=O)Nc1ccc2c(c1O)C(O)=C1C(=O)C3(O)C(=O)CC(O)CC3C(C(N)=O)C1C2. The van der Waals surface area contributed by atoms with E-state index in [9.17, 15) is 39.6 Å². The number of anilines is 1. The molecule has 0 aromatic heterocycles. The predicted molar refractivity (Wildman–Crippen MR) is 129 cm³/mol. The average Bonchev–Trinajstić information content (AvgIpc) is 2.82. The van der Waals surface area contributed by atoms with Crippen molar-refractivity contribution in [1.29, 1.82) is 0 Å². The number of benzene rings is 1. The molecule has 12 nitrogen and oxygen atoms in total. The maximum atomic E-state index is 13.5. The van der Waals surface area contributed by atoms with Crippen molar-refractivity contribution in [3.05, 3.63) is 28.8 Å². The number of methoxy groups -OCH3 is 1. The topological polar surface area (TPSA) is 209 Å². The zero-order valence-corrected chi connectivity index (χ0v) is 20.3. The lowest BCUT2D eigenvalue weighted by Crippen LogP contribution is -2.66. The van der Waals surface area contributed by atoms with Crippen LogP contribution < -0.4 is 16.4 Å². The van der Waals surface area contributed by atoms with E-state index in [4.69, 9.17) is 10.5 Å². The molecular formula is C25H31N3O9. The van der Waals surface area contributed by atoms with Gasteiger partial charge in [0.1, 0.15) is 11.5 Å². The van der Waals surface area contributed by atoms with E-state index in [1.165, 1.54) is 12.1 Å². The van der Waals surface area contributed by atoms with Crippen molar-refractivity contribution in [2.45, 2.75) is 37.4 Å². The Balaban J connectivity index is 1.69. The number of aliphatic hydroxyl groups excluding tert-OH is 2. The number of rotatable bonds is 8. The molecule has 3 aliphatic carbocycles. The average molecular weight is 518 g/mol. The molecule has 3 aliphatic rings. The minimum absolute atomic E-state index is 0.00617. The number of hydrogen-bond acceptors (Lipinski definition) is 10. The number of nitrogens with one attached hydrogen (secondary N) is 2. The number of Topliss-reactive ketones (excluding diaryl/α,β-unsaturated/α-hetero) is 2. The number of fused-ring (bicyclic) bond motifs is 3. The number of carbonyl (C=O) groups is 4. The van der Waals surface area contributed by atoms with Crippen LogP contribution in [-0.4, -0.2) is 82.3 Å². The third-order valence-corrected chi connectivity index (χ3v) is 7.52. The zero-order valence-electron chi connectivity index (χ0n) is 20.3. The lowest BCUT2D eigenvalue weighted by Gasteiger charge is -2.50. The van der Waals surface area contributed by atoms with Gasteiger partial charge in [0, 0.05) is 37.5 Å². The molecule has 1 aromatic rings. The number of primary amides is 1. The first-order valence-electron chi connectivity index (χ1n) is 12.1. The van der Waals surface area contributed by atoms with Crippen LogP contribution in [0.25, 0.3) is 5.76 Å². The van der Waals surface area contributed by atoms with E-state index in [1.54, 1.807) is 7.11 Å². The van der Waals surface area contributed by atoms with E-state index in [1.807, 2.05) is 0 Å². The summed E-state index contributed by atoms with van der Waals surface area (Å²) >= 11 is 0. The molecule has 0 saturated heterocycles. The van der Waals surface area contributed by atoms with Gasteiger partial charge < -0.3 is 41.5 Å². The maximum absolute atomic E-state index is 13.5. The number of aliphatic hydroxyl groups is 3. The van der Waals surface area contributed by atoms with Gasteiger partial charge in [0.05, 0.1) is 29.8 Å². The summed E-state index contributed by atoms with van der Waals surface area (Å²) in [6.07, 6.45) is -1.12. The third kappa shape index (κ3) is 4.50. The lowest BCUT2D eigenvalue weighted by atomic mass is 9.53. The maximum Gasteiger partial charge on any atom is 0.238 e. The Morgan fingerprint density at radius 2 is 1.95 bits per heavy atom. The Hall–Kier alpha value is -3.32. The second-order valence-electron chi connectivity index (χ2n) is 9.79. The second kappa shape index (κ2) is 10.2. The van der Waals surface area contributed by atoms with E-state index in [-0.39, 0.29) is 36.2 Å². The normalized spacial score (nSPS) is 28.8. The Morgan fingerprint density at radius 1 is 1.22 bits per heavy atom. The highest BCUT2D eigenvalue weighted by molar-refractivity contribution is 6.22. The van der Waals surface area contributed by atoms with Crippen molar-refractivity contribution >= 4 is 34.8 Å². The van der Waals surface area contributed by atoms with Crippen LogP contribution in [0.3, 0.4) is 0 Å². The molecule has 2 saturated carbocycles. The summed E-state index contributed by atoms with van der Waals surface area (Å²) in [6.45, 7) is 1.03. The van der Waals surface area contributed by atoms with Crippen molar-refractivity contribution in [3.8, 4) is 5.75 Å². The van der Waals surface area contributed by atoms with Gasteiger partial charge in [0.25, 0.3) is 0 Å². The standard InChI is InChI=1S/C25H31N3O9/c1-37-6-2-5-27-10-17(31)28-15-4-3-11-7-13-19(24(26)35)14-8-12(29)9-16(30)25(14,36)23(34)20(13)22(33)18(11)21(15)32/h3-4,12-14,19,27,29,32-33,36H,2,5-10H2,1H3,(H2,26,35)(H,28,31). The van der Waals surface area contributed by atoms with Crippen molar-refractivity contribution in [1.82, 2.24) is 5.32 Å². The molecular weight excluding hydrogens is 486 g/mol. The predicted octanol–water partition coefficient (Wildman–Crippen LogP) is -0.846. The molecule has 0 heterocycles. The van der Waals surface area contributed by atoms with Crippen LogP contribution in [0.1, 0.15) is 30.4 Å². The molecule has 0 radical (unpaired) electrons. The van der Waals surface area contributed by atoms with Crippen LogP contribution in [0.15, 0.2) is 17.7 Å². The van der Waals surface area contributed by atoms with E-state index in [0.29, 0.717) is 25.1 Å². The first-order valence-corrected chi connectivity index (χ1v) is 12.1. The molecule has 0 bridgehead atoms. The fourth-order valence-corrected chi connectivity index (χ4v) is 5.84. The van der Waals surface area contributed by atoms with E-state index >= 15 is 0 Å². The number of hydrogen-bond donors (Lipinski definition) is 7. The Bertz CT molecular complexity index is 1180. The molecule has 12 heteroatoms. The quantitative estimate of drug-likeness (QED) is 0.129. The molecule has 37 heavy (non-hydrogen) atoms. The van der Waals surface area contributed by atoms with Gasteiger partial charge in [-0.2, -0.15) is 0 Å². The van der Waals surface area contributed by atoms with Gasteiger partial charge in [-0.1, -0.05) is 6.07 Å². The Kier molecular flexibility index (Phi) is 7.38. The number of aromatic hydroxyl groups is 1. The van der Waals surface area contributed by atoms with Gasteiger partial charge in [-0.3, -0.25) is 19.2 Å². The highest BCUT2D eigenvalue weighted by atomic mass is 16.5. The van der Waals surface area contributed by atoms with Gasteiger partial charge in [0.2, 0.25) is 17.6 Å². The van der Waals surface area contributed by atoms with Crippen molar-refractivity contribution in [3.63, 3.8) is 0 Å². The van der Waals surface area contributed by atoms with Crippen molar-refractivity contribution in [2.75, 3.05) is 32.1 Å². The third-order valence-electron chi connectivity index (χ3n) is 7.52. The van der Waals surface area contributed by atoms with Crippen LogP contribution in [0, 0.1) is 17.8 Å². The molecule has 5 atom stereocenters. The Labute approximate surface area is 212 Å². The highest BCUT2D eigenvalue weighted by Gasteiger charge is 2.65. The monoisotopic (exact) mass is 517 g/mol. The van der Waals surface area contributed by atoms with Gasteiger partial charge in [-0.05, 0) is 37.4 Å². The van der Waals surface area contributed by atoms with Gasteiger partial charge in [-0.15, -0.1) is 0 Å². The van der Waals surface area contributed by atoms with Crippen molar-refractivity contribution < 1.29 is 44.3 Å². The van der Waals surface area contributed by atoms with Crippen LogP contribution in [-0.2, 0) is 30.3 Å². The fourth-order valence-electron chi connectivity index (χ4n) is 5.84. The van der Waals surface area contributed by atoms with E-state index < -0.39 is 70.8 Å². The number of ketones is 2. The second-order valence-corrected chi connectivity index (χ2v) is 9.79. The summed E-state index contributed by atoms with van der Waals surface area (Å²) in [6, 6.07) is 2.97. The molecule has 0 aliphatic heterocycles. The zero-order chi connectivity index (χ0) is 27.1. The van der Waals surface area contributed by atoms with Gasteiger partial charge in [0.15, 0.2) is 11.4 Å². The van der Waals surface area contributed by atoms with Gasteiger partial charge >= 0.3 is 0 Å². The first kappa shape index (κ1) is 26.7. The van der Waals surface area contributed by atoms with E-state index in [0.717, 1.165) is 0 Å². The van der Waals surface area contributed by atoms with E-state index in [2.05, 4.69) is 10.6 Å². The number of ether oxygens (including phenoxy) is 1. The van der Waals surface area contributed by atoms with Crippen LogP contribution in [0.4, 0.5) is 5.69 Å². The number of phenolic OH excluding ortho intramolecular Hbond substituents is 1. The number of phenols is 1. The molecule has 2 amide bonds. The minimum Gasteiger partial charge on any atom is -0.507 e. The molecule has 200 valence electrons. The van der Waals surface area contributed by atoms with Crippen molar-refractivity contribution in [2.24, 2.45) is 23.5 Å². The molecule has 8 N–H and O–H groups in total. The summed E-state index contributed by atoms with van der Waals surface area (Å²) in [4.78, 5) is 51.1. The first-order chi connectivity index (χ1) is 17.5. The summed E-state index contributed by atoms with van der Waals surface area (Å²) in [5.41, 5.74) is 2.86. The molecule has 1 aromatic carbocycles. The Morgan fingerprint density at radius 3 is 2.62 bits per heavy atom. The minimum atomic E-state index is -2.63. The lowest BCUT2D eigenvalue weighted by molar-refractivity contribution is -0.173. The summed E-state index contributed by atoms with van der Waals surface area (Å²) in [7, 11) is 1.57. The van der Waals surface area contributed by atoms with Crippen LogP contribution >= 0.6 is 0 Å². The summed E-state index contributed by atoms with van der Waals surface area (Å²) in [5.74, 6) is -8.03. The molecule has 5 unspecified atom stereocenters.